The van der Waals surface area contributed by atoms with Crippen molar-refractivity contribution >= 4 is 0 Å². The molecule has 0 aliphatic rings. The fourth-order valence-corrected chi connectivity index (χ4v) is 1.47. The molecule has 1 unspecified atom stereocenters. The number of benzene rings is 1. The van der Waals surface area contributed by atoms with Crippen LogP contribution in [0.15, 0.2) is 18.2 Å². The first kappa shape index (κ1) is 10.7. The Morgan fingerprint density at radius 2 is 2.21 bits per heavy atom. The summed E-state index contributed by atoms with van der Waals surface area (Å²) in [6.45, 7) is 3.82. The van der Waals surface area contributed by atoms with Crippen molar-refractivity contribution in [3.63, 3.8) is 0 Å². The van der Waals surface area contributed by atoms with Gasteiger partial charge in [0.2, 0.25) is 0 Å². The predicted octanol–water partition coefficient (Wildman–Crippen LogP) is 3.54. The van der Waals surface area contributed by atoms with Crippen molar-refractivity contribution in [1.29, 1.82) is 5.26 Å². The van der Waals surface area contributed by atoms with Crippen molar-refractivity contribution in [2.24, 2.45) is 0 Å². The van der Waals surface area contributed by atoms with Gasteiger partial charge in [0, 0.05) is 6.42 Å². The normalized spacial score (nSPS) is 12.1. The molecule has 0 fully saturated rings. The van der Waals surface area contributed by atoms with E-state index in [2.05, 4.69) is 6.07 Å². The van der Waals surface area contributed by atoms with Gasteiger partial charge in [-0.2, -0.15) is 5.26 Å². The number of nitrogens with zero attached hydrogens (tertiary/aromatic N) is 1. The summed E-state index contributed by atoms with van der Waals surface area (Å²) in [7, 11) is 0. The summed E-state index contributed by atoms with van der Waals surface area (Å²) in [6, 6.07) is 7.33. The first-order chi connectivity index (χ1) is 6.65. The second-order valence-corrected chi connectivity index (χ2v) is 3.62. The van der Waals surface area contributed by atoms with E-state index >= 15 is 0 Å². The molecule has 1 aromatic carbocycles. The van der Waals surface area contributed by atoms with Crippen LogP contribution in [0.5, 0.6) is 0 Å². The van der Waals surface area contributed by atoms with Crippen molar-refractivity contribution in [3.8, 4) is 6.07 Å². The molecular weight excluding hydrogens is 177 g/mol. The molecule has 0 amide bonds. The molecule has 0 bridgehead atoms. The highest BCUT2D eigenvalue weighted by atomic mass is 19.1. The fraction of sp³-hybridized carbons (Fsp3) is 0.417. The molecule has 2 heteroatoms. The molecule has 0 radical (unpaired) electrons. The number of halogens is 1. The average Bonchev–Trinajstić information content (AvgIpc) is 2.14. The highest BCUT2D eigenvalue weighted by Crippen LogP contribution is 2.23. The van der Waals surface area contributed by atoms with E-state index in [0.29, 0.717) is 12.0 Å². The van der Waals surface area contributed by atoms with E-state index in [9.17, 15) is 4.39 Å². The third-order valence-electron chi connectivity index (χ3n) is 2.38. The van der Waals surface area contributed by atoms with Gasteiger partial charge in [-0.25, -0.2) is 4.39 Å². The largest absolute Gasteiger partial charge is 0.207 e. The monoisotopic (exact) mass is 191 g/mol. The molecular formula is C12H14FN. The molecule has 1 nitrogen and oxygen atoms in total. The van der Waals surface area contributed by atoms with Crippen LogP contribution in [0.4, 0.5) is 4.39 Å². The van der Waals surface area contributed by atoms with Crippen molar-refractivity contribution in [3.05, 3.63) is 35.1 Å². The van der Waals surface area contributed by atoms with E-state index in [1.54, 1.807) is 0 Å². The zero-order chi connectivity index (χ0) is 10.6. The maximum atomic E-state index is 13.4. The van der Waals surface area contributed by atoms with Crippen LogP contribution in [0.3, 0.4) is 0 Å². The van der Waals surface area contributed by atoms with Crippen LogP contribution in [0.2, 0.25) is 0 Å². The minimum Gasteiger partial charge on any atom is -0.207 e. The van der Waals surface area contributed by atoms with Gasteiger partial charge in [0.05, 0.1) is 6.07 Å². The Balaban J connectivity index is 2.80. The maximum absolute atomic E-state index is 13.4. The van der Waals surface area contributed by atoms with Gasteiger partial charge < -0.3 is 0 Å². The van der Waals surface area contributed by atoms with Gasteiger partial charge in [-0.05, 0) is 36.5 Å². The van der Waals surface area contributed by atoms with Crippen LogP contribution in [-0.4, -0.2) is 0 Å². The van der Waals surface area contributed by atoms with Gasteiger partial charge >= 0.3 is 0 Å². The number of hydrogen-bond donors (Lipinski definition) is 0. The average molecular weight is 191 g/mol. The number of aryl methyl sites for hydroxylation is 1. The van der Waals surface area contributed by atoms with Crippen LogP contribution < -0.4 is 0 Å². The smallest absolute Gasteiger partial charge is 0.126 e. The molecule has 0 aliphatic heterocycles. The van der Waals surface area contributed by atoms with Crippen molar-refractivity contribution in [2.75, 3.05) is 0 Å². The van der Waals surface area contributed by atoms with Crippen LogP contribution in [0.25, 0.3) is 0 Å². The fourth-order valence-electron chi connectivity index (χ4n) is 1.47. The molecule has 0 aromatic heterocycles. The van der Waals surface area contributed by atoms with Crippen LogP contribution in [0.1, 0.15) is 36.8 Å². The van der Waals surface area contributed by atoms with Gasteiger partial charge in [0.25, 0.3) is 0 Å². The third-order valence-corrected chi connectivity index (χ3v) is 2.38. The first-order valence-electron chi connectivity index (χ1n) is 4.78. The quantitative estimate of drug-likeness (QED) is 0.716. The standard InChI is InChI=1S/C12H14FN/c1-9-5-6-11(12(13)8-9)10(2)4-3-7-14/h5-6,8,10H,3-4H2,1-2H3. The van der Waals surface area contributed by atoms with E-state index in [-0.39, 0.29) is 11.7 Å². The van der Waals surface area contributed by atoms with E-state index in [1.165, 1.54) is 6.07 Å². The Labute approximate surface area is 84.2 Å². The highest BCUT2D eigenvalue weighted by molar-refractivity contribution is 5.26. The zero-order valence-electron chi connectivity index (χ0n) is 8.55. The SMILES string of the molecule is Cc1ccc(C(C)CCC#N)c(F)c1. The minimum absolute atomic E-state index is 0.121. The highest BCUT2D eigenvalue weighted by Gasteiger charge is 2.10. The van der Waals surface area contributed by atoms with Crippen molar-refractivity contribution in [2.45, 2.75) is 32.6 Å². The molecule has 1 atom stereocenters. The van der Waals surface area contributed by atoms with Crippen LogP contribution in [-0.2, 0) is 0 Å². The van der Waals surface area contributed by atoms with Gasteiger partial charge in [-0.15, -0.1) is 0 Å². The summed E-state index contributed by atoms with van der Waals surface area (Å²) < 4.78 is 13.4. The number of nitriles is 1. The predicted molar refractivity (Wildman–Crippen MR) is 54.4 cm³/mol. The topological polar surface area (TPSA) is 23.8 Å². The van der Waals surface area contributed by atoms with Crippen LogP contribution >= 0.6 is 0 Å². The Hall–Kier alpha value is -1.36. The summed E-state index contributed by atoms with van der Waals surface area (Å²) in [5, 5.41) is 8.43. The Morgan fingerprint density at radius 1 is 1.50 bits per heavy atom. The maximum Gasteiger partial charge on any atom is 0.126 e. The molecule has 1 rings (SSSR count). The van der Waals surface area contributed by atoms with E-state index in [4.69, 9.17) is 5.26 Å². The summed E-state index contributed by atoms with van der Waals surface area (Å²) in [6.07, 6.45) is 1.20. The minimum atomic E-state index is -0.157. The van der Waals surface area contributed by atoms with Crippen LogP contribution in [0, 0.1) is 24.1 Å². The molecule has 14 heavy (non-hydrogen) atoms. The summed E-state index contributed by atoms with van der Waals surface area (Å²) >= 11 is 0. The van der Waals surface area contributed by atoms with E-state index < -0.39 is 0 Å². The van der Waals surface area contributed by atoms with Crippen molar-refractivity contribution in [1.82, 2.24) is 0 Å². The molecule has 0 heterocycles. The second-order valence-electron chi connectivity index (χ2n) is 3.62. The lowest BCUT2D eigenvalue weighted by Crippen LogP contribution is -1.97. The molecule has 0 saturated heterocycles. The zero-order valence-corrected chi connectivity index (χ0v) is 8.55. The Morgan fingerprint density at radius 3 is 2.79 bits per heavy atom. The number of hydrogen-bond acceptors (Lipinski definition) is 1. The molecule has 1 aromatic rings. The molecule has 0 aliphatic carbocycles. The lowest BCUT2D eigenvalue weighted by molar-refractivity contribution is 0.576. The second kappa shape index (κ2) is 4.76. The number of rotatable bonds is 3. The van der Waals surface area contributed by atoms with Gasteiger partial charge in [-0.3, -0.25) is 0 Å². The Bertz CT molecular complexity index is 352. The summed E-state index contributed by atoms with van der Waals surface area (Å²) in [5.74, 6) is -0.0364. The van der Waals surface area contributed by atoms with Gasteiger partial charge in [0.1, 0.15) is 5.82 Å². The molecule has 74 valence electrons. The van der Waals surface area contributed by atoms with E-state index in [1.807, 2.05) is 26.0 Å². The molecule has 0 saturated carbocycles. The van der Waals surface area contributed by atoms with E-state index in [0.717, 1.165) is 12.0 Å². The third kappa shape index (κ3) is 2.56. The Kier molecular flexibility index (Phi) is 3.64. The molecule has 0 N–H and O–H groups in total. The lowest BCUT2D eigenvalue weighted by atomic mass is 9.95. The molecule has 0 spiro atoms. The summed E-state index contributed by atoms with van der Waals surface area (Å²) in [4.78, 5) is 0. The summed E-state index contributed by atoms with van der Waals surface area (Å²) in [5.41, 5.74) is 1.64. The van der Waals surface area contributed by atoms with Gasteiger partial charge in [-0.1, -0.05) is 19.1 Å². The van der Waals surface area contributed by atoms with Gasteiger partial charge in [0.15, 0.2) is 0 Å². The first-order valence-corrected chi connectivity index (χ1v) is 4.78. The van der Waals surface area contributed by atoms with Crippen molar-refractivity contribution < 1.29 is 4.39 Å². The lowest BCUT2D eigenvalue weighted by Gasteiger charge is -2.11.